The van der Waals surface area contributed by atoms with E-state index in [2.05, 4.69) is 10.3 Å². The zero-order chi connectivity index (χ0) is 23.1. The van der Waals surface area contributed by atoms with Crippen LogP contribution in [0.3, 0.4) is 0 Å². The Hall–Kier alpha value is -3.51. The van der Waals surface area contributed by atoms with Gasteiger partial charge in [0.05, 0.1) is 40.0 Å². The highest BCUT2D eigenvalue weighted by Crippen LogP contribution is 2.35. The van der Waals surface area contributed by atoms with Gasteiger partial charge < -0.3 is 14.8 Å². The van der Waals surface area contributed by atoms with Gasteiger partial charge in [-0.25, -0.2) is 13.4 Å². The maximum Gasteiger partial charge on any atom is 0.286 e. The summed E-state index contributed by atoms with van der Waals surface area (Å²) in [7, 11) is -2.27. The van der Waals surface area contributed by atoms with Crippen LogP contribution < -0.4 is 14.8 Å². The number of benzene rings is 2. The molecule has 168 valence electrons. The average molecular weight is 478 g/mol. The van der Waals surface area contributed by atoms with Crippen molar-refractivity contribution in [1.82, 2.24) is 10.3 Å². The molecule has 12 heteroatoms. The van der Waals surface area contributed by atoms with Gasteiger partial charge in [-0.2, -0.15) is 0 Å². The monoisotopic (exact) mass is 477 g/mol. The summed E-state index contributed by atoms with van der Waals surface area (Å²) >= 11 is 1.38. The van der Waals surface area contributed by atoms with Gasteiger partial charge in [0.25, 0.3) is 11.6 Å². The smallest absolute Gasteiger partial charge is 0.286 e. The van der Waals surface area contributed by atoms with Crippen LogP contribution >= 0.6 is 11.3 Å². The Morgan fingerprint density at radius 3 is 2.59 bits per heavy atom. The molecule has 3 aromatic rings. The van der Waals surface area contributed by atoms with Crippen LogP contribution in [0.4, 0.5) is 5.69 Å². The Labute approximate surface area is 187 Å². The van der Waals surface area contributed by atoms with E-state index in [0.717, 1.165) is 6.07 Å². The molecule has 0 spiro atoms. The fraction of sp³-hybridized carbons (Fsp3) is 0.200. The largest absolute Gasteiger partial charge is 0.493 e. The summed E-state index contributed by atoms with van der Waals surface area (Å²) in [6.45, 7) is -0.155. The summed E-state index contributed by atoms with van der Waals surface area (Å²) in [6, 6.07) is 10.1. The van der Waals surface area contributed by atoms with Gasteiger partial charge in [0.1, 0.15) is 12.2 Å². The molecule has 0 atom stereocenters. The molecule has 1 amide bonds. The molecule has 1 heterocycles. The number of amides is 1. The van der Waals surface area contributed by atoms with E-state index >= 15 is 0 Å². The number of rotatable bonds is 10. The minimum atomic E-state index is -3.61. The number of nitro groups is 1. The highest BCUT2D eigenvalue weighted by atomic mass is 32.2. The summed E-state index contributed by atoms with van der Waals surface area (Å²) in [4.78, 5) is 27.6. The first-order valence-corrected chi connectivity index (χ1v) is 11.8. The number of aromatic nitrogens is 1. The number of thiazole rings is 1. The Kier molecular flexibility index (Phi) is 7.38. The molecular formula is C20H19N3O7S2. The zero-order valence-corrected chi connectivity index (χ0v) is 18.5. The molecule has 3 rings (SSSR count). The fourth-order valence-corrected chi connectivity index (χ4v) is 4.48. The van der Waals surface area contributed by atoms with Gasteiger partial charge in [-0.1, -0.05) is 18.2 Å². The lowest BCUT2D eigenvalue weighted by molar-refractivity contribution is -0.385. The van der Waals surface area contributed by atoms with Crippen molar-refractivity contribution in [2.24, 2.45) is 0 Å². The number of sulfone groups is 1. The van der Waals surface area contributed by atoms with Crippen LogP contribution in [0.15, 0.2) is 58.3 Å². The van der Waals surface area contributed by atoms with Crippen molar-refractivity contribution < 1.29 is 27.6 Å². The lowest BCUT2D eigenvalue weighted by atomic mass is 10.1. The van der Waals surface area contributed by atoms with Gasteiger partial charge in [-0.05, 0) is 12.1 Å². The highest BCUT2D eigenvalue weighted by Gasteiger charge is 2.25. The van der Waals surface area contributed by atoms with E-state index in [1.54, 1.807) is 29.1 Å². The van der Waals surface area contributed by atoms with Crippen LogP contribution in [0.1, 0.15) is 16.1 Å². The molecule has 10 nitrogen and oxygen atoms in total. The molecule has 0 aliphatic heterocycles. The maximum absolute atomic E-state index is 12.6. The van der Waals surface area contributed by atoms with Crippen LogP contribution in [0.2, 0.25) is 0 Å². The van der Waals surface area contributed by atoms with Crippen LogP contribution in [-0.4, -0.2) is 43.6 Å². The average Bonchev–Trinajstić information content (AvgIpc) is 3.31. The minimum absolute atomic E-state index is 0.0693. The van der Waals surface area contributed by atoms with Gasteiger partial charge >= 0.3 is 0 Å². The van der Waals surface area contributed by atoms with Crippen molar-refractivity contribution in [3.63, 3.8) is 0 Å². The highest BCUT2D eigenvalue weighted by molar-refractivity contribution is 7.91. The van der Waals surface area contributed by atoms with E-state index in [1.807, 2.05) is 0 Å². The van der Waals surface area contributed by atoms with E-state index in [1.165, 1.54) is 36.6 Å². The number of carbonyl (C=O) groups is 1. The lowest BCUT2D eigenvalue weighted by Crippen LogP contribution is -2.29. The second-order valence-corrected chi connectivity index (χ2v) is 9.26. The Morgan fingerprint density at radius 2 is 1.97 bits per heavy atom. The summed E-state index contributed by atoms with van der Waals surface area (Å²) in [5.41, 5.74) is 1.50. The third-order valence-corrected chi connectivity index (χ3v) is 6.71. The van der Waals surface area contributed by atoms with Gasteiger partial charge in [-0.3, -0.25) is 14.9 Å². The molecule has 1 aromatic heterocycles. The second-order valence-electron chi connectivity index (χ2n) is 6.43. The summed E-state index contributed by atoms with van der Waals surface area (Å²) in [5.74, 6) is -0.963. The van der Waals surface area contributed by atoms with E-state index in [-0.39, 0.29) is 40.9 Å². The van der Waals surface area contributed by atoms with E-state index in [9.17, 15) is 23.3 Å². The topological polar surface area (TPSA) is 138 Å². The number of methoxy groups -OCH3 is 1. The number of nitrogens with one attached hydrogen (secondary N) is 1. The molecule has 0 fully saturated rings. The van der Waals surface area contributed by atoms with Crippen LogP contribution in [0, 0.1) is 10.1 Å². The third-order valence-electron chi connectivity index (χ3n) is 4.34. The van der Waals surface area contributed by atoms with Gasteiger partial charge in [0.2, 0.25) is 0 Å². The van der Waals surface area contributed by atoms with Crippen LogP contribution in [0.5, 0.6) is 11.5 Å². The predicted molar refractivity (Wildman–Crippen MR) is 117 cm³/mol. The molecule has 0 aliphatic carbocycles. The molecule has 2 aromatic carbocycles. The summed E-state index contributed by atoms with van der Waals surface area (Å²) < 4.78 is 35.5. The minimum Gasteiger partial charge on any atom is -0.493 e. The van der Waals surface area contributed by atoms with Crippen molar-refractivity contribution in [3.05, 3.63) is 74.7 Å². The lowest BCUT2D eigenvalue weighted by Gasteiger charge is -2.12. The van der Waals surface area contributed by atoms with Crippen molar-refractivity contribution in [1.29, 1.82) is 0 Å². The summed E-state index contributed by atoms with van der Waals surface area (Å²) in [5, 5.41) is 15.7. The molecule has 1 N–H and O–H groups in total. The maximum atomic E-state index is 12.6. The second kappa shape index (κ2) is 10.2. The first kappa shape index (κ1) is 23.2. The normalized spacial score (nSPS) is 11.0. The third kappa shape index (κ3) is 5.59. The Bertz CT molecular complexity index is 1200. The first-order chi connectivity index (χ1) is 15.3. The van der Waals surface area contributed by atoms with Gasteiger partial charge in [0, 0.05) is 18.0 Å². The van der Waals surface area contributed by atoms with Gasteiger partial charge in [-0.15, -0.1) is 11.3 Å². The molecular weight excluding hydrogens is 458 g/mol. The number of nitrogens with zero attached hydrogens (tertiary/aromatic N) is 2. The van der Waals surface area contributed by atoms with Crippen molar-refractivity contribution in [3.8, 4) is 11.5 Å². The number of hydrogen-bond donors (Lipinski definition) is 1. The van der Waals surface area contributed by atoms with Crippen LogP contribution in [-0.2, 0) is 16.4 Å². The Morgan fingerprint density at radius 1 is 1.22 bits per heavy atom. The van der Waals surface area contributed by atoms with Gasteiger partial charge in [0.15, 0.2) is 21.3 Å². The van der Waals surface area contributed by atoms with E-state index in [0.29, 0.717) is 5.69 Å². The molecule has 0 saturated heterocycles. The standard InChI is InChI=1S/C20H19N3O7S2/c1-29-18-9-16(17(23(25)26)10-19(18)30-11-14-12-31-13-22-14)20(24)21-7-8-32(27,28)15-5-3-2-4-6-15/h2-6,9-10,12-13H,7-8,11H2,1H3,(H,21,24). The molecule has 0 saturated carbocycles. The molecule has 0 radical (unpaired) electrons. The number of nitro benzene ring substituents is 1. The fourth-order valence-electron chi connectivity index (χ4n) is 2.75. The zero-order valence-electron chi connectivity index (χ0n) is 16.9. The number of hydrogen-bond acceptors (Lipinski definition) is 9. The predicted octanol–water partition coefficient (Wildman–Crippen LogP) is 2.84. The quantitative estimate of drug-likeness (QED) is 0.347. The molecule has 0 unspecified atom stereocenters. The van der Waals surface area contributed by atoms with Crippen molar-refractivity contribution in [2.45, 2.75) is 11.5 Å². The van der Waals surface area contributed by atoms with E-state index in [4.69, 9.17) is 9.47 Å². The van der Waals surface area contributed by atoms with Crippen LogP contribution in [0.25, 0.3) is 0 Å². The number of carbonyl (C=O) groups excluding carboxylic acids is 1. The summed E-state index contributed by atoms with van der Waals surface area (Å²) in [6.07, 6.45) is 0. The van der Waals surface area contributed by atoms with E-state index < -0.39 is 26.4 Å². The molecule has 0 aliphatic rings. The molecule has 0 bridgehead atoms. The first-order valence-electron chi connectivity index (χ1n) is 9.24. The number of ether oxygens (including phenoxy) is 2. The molecule has 32 heavy (non-hydrogen) atoms. The van der Waals surface area contributed by atoms with Crippen molar-refractivity contribution in [2.75, 3.05) is 19.4 Å². The van der Waals surface area contributed by atoms with Crippen molar-refractivity contribution >= 4 is 32.8 Å². The Balaban J connectivity index is 1.75. The SMILES string of the molecule is COc1cc(C(=O)NCCS(=O)(=O)c2ccccc2)c([N+](=O)[O-])cc1OCc1cscn1.